The Balaban J connectivity index is 2.78. The van der Waals surface area contributed by atoms with Gasteiger partial charge >= 0.3 is 0 Å². The van der Waals surface area contributed by atoms with Crippen LogP contribution < -0.4 is 10.1 Å². The summed E-state index contributed by atoms with van der Waals surface area (Å²) >= 11 is 3.53. The summed E-state index contributed by atoms with van der Waals surface area (Å²) in [5, 5.41) is 3.45. The van der Waals surface area contributed by atoms with Gasteiger partial charge in [0.05, 0.1) is 6.61 Å². The van der Waals surface area contributed by atoms with Gasteiger partial charge in [0.15, 0.2) is 0 Å². The molecule has 0 amide bonds. The van der Waals surface area contributed by atoms with Crippen molar-refractivity contribution in [1.82, 2.24) is 5.32 Å². The topological polar surface area (TPSA) is 21.3 Å². The van der Waals surface area contributed by atoms with Crippen LogP contribution in [0.15, 0.2) is 16.6 Å². The highest BCUT2D eigenvalue weighted by molar-refractivity contribution is 9.10. The van der Waals surface area contributed by atoms with E-state index in [1.807, 2.05) is 0 Å². The fourth-order valence-corrected chi connectivity index (χ4v) is 2.46. The highest BCUT2D eigenvalue weighted by Crippen LogP contribution is 2.28. The van der Waals surface area contributed by atoms with Gasteiger partial charge in [-0.3, -0.25) is 0 Å². The monoisotopic (exact) mass is 323 g/mol. The lowest BCUT2D eigenvalue weighted by Gasteiger charge is -2.15. The minimum absolute atomic E-state index is 0.566. The summed E-state index contributed by atoms with van der Waals surface area (Å²) in [6.45, 7) is 8.82. The smallest absolute Gasteiger partial charge is 0.126 e. The second-order valence-corrected chi connectivity index (χ2v) is 5.95. The highest BCUT2D eigenvalue weighted by Gasteiger charge is 2.09. The van der Waals surface area contributed by atoms with Crippen LogP contribution in [-0.2, 0) is 6.54 Å². The molecule has 2 nitrogen and oxygen atoms in total. The number of nitrogens with one attached hydrogen (secondary N) is 1. The van der Waals surface area contributed by atoms with Crippen molar-refractivity contribution in [1.29, 1.82) is 0 Å². The molecule has 0 aliphatic carbocycles. The molecule has 1 rings (SSSR count). The molecule has 0 fully saturated rings. The van der Waals surface area contributed by atoms with Crippen LogP contribution in [0.2, 0.25) is 0 Å². The van der Waals surface area contributed by atoms with Gasteiger partial charge in [-0.05, 0) is 37.1 Å². The van der Waals surface area contributed by atoms with E-state index in [-0.39, 0.29) is 0 Å². The summed E-state index contributed by atoms with van der Waals surface area (Å²) in [4.78, 5) is 0. The van der Waals surface area contributed by atoms with E-state index in [0.29, 0.717) is 18.9 Å². The van der Waals surface area contributed by atoms with Crippen LogP contribution in [0.5, 0.6) is 5.75 Å². The summed E-state index contributed by atoms with van der Waals surface area (Å²) in [7, 11) is 0. The molecule has 0 aromatic heterocycles. The van der Waals surface area contributed by atoms with Crippen molar-refractivity contribution in [3.05, 3.63) is 27.7 Å². The molecule has 1 aromatic rings. The molecule has 0 aliphatic heterocycles. The standard InChI is InChI=1S/C16H22BrNO/c1-5-6-7-19-16-13(4)8-15(17)9-14(16)11-18-10-12(2)3/h1,8-9,12,18H,6-7,10-11H2,2-4H3. The molecule has 0 bridgehead atoms. The van der Waals surface area contributed by atoms with Gasteiger partial charge in [0, 0.05) is 23.0 Å². The molecular weight excluding hydrogens is 302 g/mol. The lowest BCUT2D eigenvalue weighted by Crippen LogP contribution is -2.19. The van der Waals surface area contributed by atoms with Gasteiger partial charge in [-0.15, -0.1) is 12.3 Å². The molecule has 19 heavy (non-hydrogen) atoms. The van der Waals surface area contributed by atoms with Gasteiger partial charge in [-0.1, -0.05) is 29.8 Å². The van der Waals surface area contributed by atoms with Crippen molar-refractivity contribution >= 4 is 15.9 Å². The molecule has 0 saturated carbocycles. The Kier molecular flexibility index (Phi) is 6.97. The first kappa shape index (κ1) is 16.1. The van der Waals surface area contributed by atoms with Crippen LogP contribution in [0.3, 0.4) is 0 Å². The third-order valence-corrected chi connectivity index (χ3v) is 3.13. The fourth-order valence-electron chi connectivity index (χ4n) is 1.84. The van der Waals surface area contributed by atoms with Crippen molar-refractivity contribution in [3.8, 4) is 18.1 Å². The molecule has 1 aromatic carbocycles. The van der Waals surface area contributed by atoms with Crippen LogP contribution in [0.1, 0.15) is 31.4 Å². The van der Waals surface area contributed by atoms with Crippen LogP contribution in [-0.4, -0.2) is 13.2 Å². The van der Waals surface area contributed by atoms with Gasteiger partial charge in [0.25, 0.3) is 0 Å². The summed E-state index contributed by atoms with van der Waals surface area (Å²) in [5.74, 6) is 4.19. The Morgan fingerprint density at radius 2 is 2.16 bits per heavy atom. The highest BCUT2D eigenvalue weighted by atomic mass is 79.9. The first-order valence-electron chi connectivity index (χ1n) is 6.60. The molecule has 0 aliphatic rings. The van der Waals surface area contributed by atoms with Gasteiger partial charge < -0.3 is 10.1 Å². The first-order chi connectivity index (χ1) is 9.04. The number of aryl methyl sites for hydroxylation is 1. The van der Waals surface area contributed by atoms with E-state index >= 15 is 0 Å². The quantitative estimate of drug-likeness (QED) is 0.607. The lowest BCUT2D eigenvalue weighted by atomic mass is 10.1. The van der Waals surface area contributed by atoms with E-state index < -0.39 is 0 Å². The van der Waals surface area contributed by atoms with Gasteiger partial charge in [-0.2, -0.15) is 0 Å². The van der Waals surface area contributed by atoms with Gasteiger partial charge in [0.1, 0.15) is 5.75 Å². The molecule has 0 saturated heterocycles. The third kappa shape index (κ3) is 5.67. The molecular formula is C16H22BrNO. The van der Waals surface area contributed by atoms with E-state index in [9.17, 15) is 0 Å². The van der Waals surface area contributed by atoms with Gasteiger partial charge in [-0.25, -0.2) is 0 Å². The maximum Gasteiger partial charge on any atom is 0.126 e. The van der Waals surface area contributed by atoms with E-state index in [1.165, 1.54) is 5.56 Å². The number of hydrogen-bond donors (Lipinski definition) is 1. The second-order valence-electron chi connectivity index (χ2n) is 5.04. The number of terminal acetylenes is 1. The summed E-state index contributed by atoms with van der Waals surface area (Å²) in [6.07, 6.45) is 5.89. The molecule has 3 heteroatoms. The maximum atomic E-state index is 5.82. The van der Waals surface area contributed by atoms with Crippen LogP contribution >= 0.6 is 15.9 Å². The molecule has 0 radical (unpaired) electrons. The van der Waals surface area contributed by atoms with Crippen LogP contribution in [0.25, 0.3) is 0 Å². The fraction of sp³-hybridized carbons (Fsp3) is 0.500. The SMILES string of the molecule is C#CCCOc1c(C)cc(Br)cc1CNCC(C)C. The Morgan fingerprint density at radius 1 is 1.42 bits per heavy atom. The maximum absolute atomic E-state index is 5.82. The van der Waals surface area contributed by atoms with Crippen molar-refractivity contribution in [2.75, 3.05) is 13.2 Å². The van der Waals surface area contributed by atoms with E-state index in [2.05, 4.69) is 60.1 Å². The van der Waals surface area contributed by atoms with Crippen molar-refractivity contribution in [2.24, 2.45) is 5.92 Å². The van der Waals surface area contributed by atoms with E-state index in [1.54, 1.807) is 0 Å². The zero-order chi connectivity index (χ0) is 14.3. The predicted octanol–water partition coefficient (Wildman–Crippen LogP) is 3.91. The second kappa shape index (κ2) is 8.24. The first-order valence-corrected chi connectivity index (χ1v) is 7.40. The van der Waals surface area contributed by atoms with Crippen LogP contribution in [0.4, 0.5) is 0 Å². The summed E-state index contributed by atoms with van der Waals surface area (Å²) in [5.41, 5.74) is 2.30. The zero-order valence-electron chi connectivity index (χ0n) is 11.9. The Bertz CT molecular complexity index is 449. The average Bonchev–Trinajstić information content (AvgIpc) is 2.32. The molecule has 0 unspecified atom stereocenters. The zero-order valence-corrected chi connectivity index (χ0v) is 13.5. The molecule has 0 atom stereocenters. The molecule has 104 valence electrons. The number of hydrogen-bond acceptors (Lipinski definition) is 2. The average molecular weight is 324 g/mol. The minimum Gasteiger partial charge on any atom is -0.492 e. The Morgan fingerprint density at radius 3 is 2.79 bits per heavy atom. The molecule has 0 spiro atoms. The summed E-state index contributed by atoms with van der Waals surface area (Å²) in [6, 6.07) is 4.17. The summed E-state index contributed by atoms with van der Waals surface area (Å²) < 4.78 is 6.90. The number of rotatable bonds is 7. The number of halogens is 1. The van der Waals surface area contributed by atoms with E-state index in [0.717, 1.165) is 28.9 Å². The minimum atomic E-state index is 0.566. The number of ether oxygens (including phenoxy) is 1. The lowest BCUT2D eigenvalue weighted by molar-refractivity contribution is 0.320. The van der Waals surface area contributed by atoms with E-state index in [4.69, 9.17) is 11.2 Å². The Hall–Kier alpha value is -0.980. The molecule has 0 heterocycles. The normalized spacial score (nSPS) is 10.5. The van der Waals surface area contributed by atoms with Crippen molar-refractivity contribution < 1.29 is 4.74 Å². The third-order valence-electron chi connectivity index (χ3n) is 2.68. The van der Waals surface area contributed by atoms with Gasteiger partial charge in [0.2, 0.25) is 0 Å². The van der Waals surface area contributed by atoms with Crippen molar-refractivity contribution in [2.45, 2.75) is 33.7 Å². The molecule has 1 N–H and O–H groups in total. The number of benzene rings is 1. The predicted molar refractivity (Wildman–Crippen MR) is 84.4 cm³/mol. The Labute approximate surface area is 125 Å². The van der Waals surface area contributed by atoms with Crippen molar-refractivity contribution in [3.63, 3.8) is 0 Å². The van der Waals surface area contributed by atoms with Crippen LogP contribution in [0, 0.1) is 25.2 Å². The largest absolute Gasteiger partial charge is 0.492 e.